The second-order valence-electron chi connectivity index (χ2n) is 6.87. The Balaban J connectivity index is 0.00000338. The van der Waals surface area contributed by atoms with Crippen LogP contribution in [0.15, 0.2) is 21.8 Å². The molecule has 0 aromatic carbocycles. The number of nitrogens with one attached hydrogen (secondary N) is 2. The van der Waals surface area contributed by atoms with Crippen LogP contribution in [-0.4, -0.2) is 74.0 Å². The molecule has 1 atom stereocenters. The van der Waals surface area contributed by atoms with Gasteiger partial charge in [0.25, 0.3) is 0 Å². The van der Waals surface area contributed by atoms with Gasteiger partial charge in [-0.25, -0.2) is 0 Å². The summed E-state index contributed by atoms with van der Waals surface area (Å²) in [6.45, 7) is 11.1. The summed E-state index contributed by atoms with van der Waals surface area (Å²) >= 11 is 1.74. The lowest BCUT2D eigenvalue weighted by atomic mass is 10.1. The Labute approximate surface area is 178 Å². The van der Waals surface area contributed by atoms with E-state index in [9.17, 15) is 4.79 Å². The van der Waals surface area contributed by atoms with Crippen molar-refractivity contribution in [2.45, 2.75) is 32.7 Å². The second kappa shape index (κ2) is 11.8. The van der Waals surface area contributed by atoms with Gasteiger partial charge < -0.3 is 15.5 Å². The molecule has 1 aromatic heterocycles. The van der Waals surface area contributed by atoms with Crippen molar-refractivity contribution in [3.05, 3.63) is 22.4 Å². The molecule has 8 heteroatoms. The van der Waals surface area contributed by atoms with E-state index in [0.717, 1.165) is 38.7 Å². The normalized spacial score (nSPS) is 17.0. The third kappa shape index (κ3) is 7.40. The van der Waals surface area contributed by atoms with Crippen LogP contribution >= 0.6 is 35.3 Å². The first-order valence-corrected chi connectivity index (χ1v) is 9.93. The third-order valence-corrected chi connectivity index (χ3v) is 5.08. The Kier molecular flexibility index (Phi) is 10.5. The molecule has 0 spiro atoms. The Bertz CT molecular complexity index is 556. The summed E-state index contributed by atoms with van der Waals surface area (Å²) in [5.74, 6) is 1.52. The van der Waals surface area contributed by atoms with Crippen molar-refractivity contribution < 1.29 is 4.79 Å². The van der Waals surface area contributed by atoms with Crippen LogP contribution in [0.3, 0.4) is 0 Å². The Morgan fingerprint density at radius 3 is 2.50 bits per heavy atom. The molecule has 0 radical (unpaired) electrons. The fraction of sp³-hybridized carbons (Fsp3) is 0.667. The molecule has 0 bridgehead atoms. The van der Waals surface area contributed by atoms with Crippen molar-refractivity contribution in [2.24, 2.45) is 4.99 Å². The summed E-state index contributed by atoms with van der Waals surface area (Å²) in [6.07, 6.45) is 0. The number of rotatable bonds is 6. The number of carbonyl (C=O) groups excluding carboxylic acids is 1. The summed E-state index contributed by atoms with van der Waals surface area (Å²) in [4.78, 5) is 20.8. The molecule has 0 aliphatic carbocycles. The Morgan fingerprint density at radius 1 is 1.27 bits per heavy atom. The van der Waals surface area contributed by atoms with Gasteiger partial charge in [-0.3, -0.25) is 14.7 Å². The highest BCUT2D eigenvalue weighted by molar-refractivity contribution is 14.0. The van der Waals surface area contributed by atoms with Crippen molar-refractivity contribution in [1.82, 2.24) is 20.4 Å². The topological polar surface area (TPSA) is 60.0 Å². The van der Waals surface area contributed by atoms with Crippen molar-refractivity contribution >= 4 is 47.2 Å². The zero-order valence-corrected chi connectivity index (χ0v) is 19.3. The molecule has 148 valence electrons. The first-order chi connectivity index (χ1) is 12.0. The van der Waals surface area contributed by atoms with Crippen LogP contribution in [0, 0.1) is 0 Å². The number of hydrogen-bond donors (Lipinski definition) is 2. The van der Waals surface area contributed by atoms with Gasteiger partial charge in [0.05, 0.1) is 6.54 Å². The molecule has 1 aliphatic rings. The van der Waals surface area contributed by atoms with Gasteiger partial charge in [-0.15, -0.1) is 24.0 Å². The van der Waals surface area contributed by atoms with Gasteiger partial charge in [-0.1, -0.05) is 6.92 Å². The van der Waals surface area contributed by atoms with Gasteiger partial charge in [-0.2, -0.15) is 11.3 Å². The van der Waals surface area contributed by atoms with Crippen LogP contribution in [0.25, 0.3) is 0 Å². The lowest BCUT2D eigenvalue weighted by Crippen LogP contribution is -2.54. The van der Waals surface area contributed by atoms with E-state index in [2.05, 4.69) is 49.2 Å². The number of amides is 1. The van der Waals surface area contributed by atoms with Gasteiger partial charge in [0, 0.05) is 45.8 Å². The van der Waals surface area contributed by atoms with E-state index < -0.39 is 0 Å². The van der Waals surface area contributed by atoms with E-state index in [1.165, 1.54) is 5.56 Å². The average molecular weight is 493 g/mol. The summed E-state index contributed by atoms with van der Waals surface area (Å²) < 4.78 is 0. The lowest BCUT2D eigenvalue weighted by Gasteiger charge is -2.36. The monoisotopic (exact) mass is 493 g/mol. The standard InChI is InChI=1S/C18H31N5OS.HI/c1-14(2)21-17(24)12-22-6-8-23(9-7-22)18(19-4)20-11-15(3)16-5-10-25-13-16;/h5,10,13-15H,6-9,11-12H2,1-4H3,(H,19,20)(H,21,24);1H. The molecule has 2 rings (SSSR count). The lowest BCUT2D eigenvalue weighted by molar-refractivity contribution is -0.123. The molecular weight excluding hydrogens is 461 g/mol. The number of halogens is 1. The van der Waals surface area contributed by atoms with Crippen LogP contribution in [0.4, 0.5) is 0 Å². The van der Waals surface area contributed by atoms with E-state index >= 15 is 0 Å². The molecule has 1 aliphatic heterocycles. The number of carbonyl (C=O) groups is 1. The summed E-state index contributed by atoms with van der Waals surface area (Å²) in [5, 5.41) is 10.8. The molecule has 0 saturated carbocycles. The van der Waals surface area contributed by atoms with Crippen molar-refractivity contribution in [2.75, 3.05) is 46.3 Å². The molecule has 2 N–H and O–H groups in total. The van der Waals surface area contributed by atoms with Crippen LogP contribution in [0.2, 0.25) is 0 Å². The minimum Gasteiger partial charge on any atom is -0.356 e. The quantitative estimate of drug-likeness (QED) is 0.363. The summed E-state index contributed by atoms with van der Waals surface area (Å²) in [7, 11) is 1.83. The molecule has 26 heavy (non-hydrogen) atoms. The number of thiophene rings is 1. The van der Waals surface area contributed by atoms with Gasteiger partial charge in [-0.05, 0) is 42.2 Å². The maximum absolute atomic E-state index is 11.9. The van der Waals surface area contributed by atoms with Gasteiger partial charge in [0.15, 0.2) is 5.96 Å². The predicted octanol–water partition coefficient (Wildman–Crippen LogP) is 2.19. The zero-order valence-electron chi connectivity index (χ0n) is 16.2. The molecule has 1 fully saturated rings. The van der Waals surface area contributed by atoms with Crippen molar-refractivity contribution in [1.29, 1.82) is 0 Å². The molecule has 1 aromatic rings. The third-order valence-electron chi connectivity index (χ3n) is 4.38. The molecule has 1 saturated heterocycles. The highest BCUT2D eigenvalue weighted by atomic mass is 127. The predicted molar refractivity (Wildman–Crippen MR) is 121 cm³/mol. The average Bonchev–Trinajstić information content (AvgIpc) is 3.10. The minimum atomic E-state index is 0. The maximum Gasteiger partial charge on any atom is 0.234 e. The van der Waals surface area contributed by atoms with E-state index in [4.69, 9.17) is 0 Å². The van der Waals surface area contributed by atoms with E-state index in [-0.39, 0.29) is 35.9 Å². The van der Waals surface area contributed by atoms with Gasteiger partial charge in [0.1, 0.15) is 0 Å². The van der Waals surface area contributed by atoms with Gasteiger partial charge >= 0.3 is 0 Å². The zero-order chi connectivity index (χ0) is 18.2. The molecule has 6 nitrogen and oxygen atoms in total. The van der Waals surface area contributed by atoms with Crippen LogP contribution in [0.1, 0.15) is 32.3 Å². The highest BCUT2D eigenvalue weighted by Crippen LogP contribution is 2.17. The van der Waals surface area contributed by atoms with Crippen LogP contribution < -0.4 is 10.6 Å². The molecular formula is C18H32IN5OS. The number of piperazine rings is 1. The van der Waals surface area contributed by atoms with Crippen molar-refractivity contribution in [3.63, 3.8) is 0 Å². The fourth-order valence-corrected chi connectivity index (χ4v) is 3.72. The molecule has 1 amide bonds. The largest absolute Gasteiger partial charge is 0.356 e. The fourth-order valence-electron chi connectivity index (χ4n) is 2.94. The van der Waals surface area contributed by atoms with Crippen molar-refractivity contribution in [3.8, 4) is 0 Å². The first kappa shape index (κ1) is 23.2. The first-order valence-electron chi connectivity index (χ1n) is 8.99. The second-order valence-corrected chi connectivity index (χ2v) is 7.65. The van der Waals surface area contributed by atoms with Gasteiger partial charge in [0.2, 0.25) is 5.91 Å². The maximum atomic E-state index is 11.9. The Morgan fingerprint density at radius 2 is 1.96 bits per heavy atom. The number of nitrogens with zero attached hydrogens (tertiary/aromatic N) is 3. The number of hydrogen-bond acceptors (Lipinski definition) is 4. The summed E-state index contributed by atoms with van der Waals surface area (Å²) in [6, 6.07) is 2.38. The van der Waals surface area contributed by atoms with E-state index in [1.807, 2.05) is 20.9 Å². The smallest absolute Gasteiger partial charge is 0.234 e. The van der Waals surface area contributed by atoms with E-state index in [1.54, 1.807) is 11.3 Å². The molecule has 2 heterocycles. The van der Waals surface area contributed by atoms with E-state index in [0.29, 0.717) is 12.5 Å². The number of aliphatic imine (C=N–C) groups is 1. The SMILES string of the molecule is CN=C(NCC(C)c1ccsc1)N1CCN(CC(=O)NC(C)C)CC1.I. The Hall–Kier alpha value is -0.870. The summed E-state index contributed by atoms with van der Waals surface area (Å²) in [5.41, 5.74) is 1.37. The number of guanidine groups is 1. The highest BCUT2D eigenvalue weighted by Gasteiger charge is 2.21. The molecule has 1 unspecified atom stereocenters. The van der Waals surface area contributed by atoms with Crippen LogP contribution in [0.5, 0.6) is 0 Å². The van der Waals surface area contributed by atoms with Crippen LogP contribution in [-0.2, 0) is 4.79 Å². The minimum absolute atomic E-state index is 0.